The Kier molecular flexibility index (Phi) is 3.74. The number of aromatic nitrogens is 1. The van der Waals surface area contributed by atoms with E-state index in [2.05, 4.69) is 0 Å². The molecule has 1 N–H and O–H groups in total. The summed E-state index contributed by atoms with van der Waals surface area (Å²) in [5, 5.41) is 10.6. The Hall–Kier alpha value is -2.88. The van der Waals surface area contributed by atoms with Crippen molar-refractivity contribution < 1.29 is 9.90 Å². The molecule has 0 saturated carbocycles. The van der Waals surface area contributed by atoms with Crippen molar-refractivity contribution in [2.75, 3.05) is 0 Å². The first kappa shape index (κ1) is 14.1. The van der Waals surface area contributed by atoms with Crippen molar-refractivity contribution in [1.29, 1.82) is 0 Å². The monoisotopic (exact) mass is 293 g/mol. The highest BCUT2D eigenvalue weighted by molar-refractivity contribution is 5.92. The van der Waals surface area contributed by atoms with Gasteiger partial charge in [-0.2, -0.15) is 0 Å². The average molecular weight is 293 g/mol. The van der Waals surface area contributed by atoms with Crippen molar-refractivity contribution in [3.8, 4) is 0 Å². The minimum atomic E-state index is -1.09. The van der Waals surface area contributed by atoms with E-state index in [4.69, 9.17) is 0 Å². The van der Waals surface area contributed by atoms with Gasteiger partial charge in [-0.05, 0) is 29.5 Å². The van der Waals surface area contributed by atoms with E-state index in [0.717, 1.165) is 5.56 Å². The van der Waals surface area contributed by atoms with Crippen LogP contribution in [0.15, 0.2) is 65.5 Å². The summed E-state index contributed by atoms with van der Waals surface area (Å²) in [7, 11) is 0. The van der Waals surface area contributed by atoms with Crippen molar-refractivity contribution in [1.82, 2.24) is 4.57 Å². The van der Waals surface area contributed by atoms with E-state index >= 15 is 0 Å². The van der Waals surface area contributed by atoms with Crippen LogP contribution in [0, 0.1) is 0 Å². The molecule has 0 bridgehead atoms. The summed E-state index contributed by atoms with van der Waals surface area (Å²) >= 11 is 0. The summed E-state index contributed by atoms with van der Waals surface area (Å²) in [5.74, 6) is -1.09. The first-order chi connectivity index (χ1) is 10.7. The highest BCUT2D eigenvalue weighted by Crippen LogP contribution is 2.13. The molecule has 0 aliphatic heterocycles. The predicted octanol–water partition coefficient (Wildman–Crippen LogP) is 2.94. The third kappa shape index (κ3) is 2.63. The van der Waals surface area contributed by atoms with Gasteiger partial charge in [0.1, 0.15) is 5.69 Å². The summed E-state index contributed by atoms with van der Waals surface area (Å²) in [6, 6.07) is 18.3. The lowest BCUT2D eigenvalue weighted by Crippen LogP contribution is -2.27. The zero-order valence-electron chi connectivity index (χ0n) is 11.9. The van der Waals surface area contributed by atoms with Crippen LogP contribution in [-0.4, -0.2) is 15.6 Å². The molecule has 0 atom stereocenters. The number of hydrogen-bond donors (Lipinski definition) is 1. The summed E-state index contributed by atoms with van der Waals surface area (Å²) < 4.78 is 1.34. The van der Waals surface area contributed by atoms with Gasteiger partial charge in [0.25, 0.3) is 5.56 Å². The number of rotatable bonds is 4. The van der Waals surface area contributed by atoms with Crippen LogP contribution in [0.2, 0.25) is 0 Å². The molecule has 4 heteroatoms. The van der Waals surface area contributed by atoms with Crippen LogP contribution in [0.3, 0.4) is 0 Å². The third-order valence-electron chi connectivity index (χ3n) is 3.71. The first-order valence-corrected chi connectivity index (χ1v) is 7.06. The molecular weight excluding hydrogens is 278 g/mol. The zero-order valence-corrected chi connectivity index (χ0v) is 11.9. The summed E-state index contributed by atoms with van der Waals surface area (Å²) in [4.78, 5) is 24.0. The van der Waals surface area contributed by atoms with Crippen molar-refractivity contribution >= 4 is 16.7 Å². The number of hydrogen-bond acceptors (Lipinski definition) is 2. The van der Waals surface area contributed by atoms with E-state index in [1.54, 1.807) is 30.3 Å². The van der Waals surface area contributed by atoms with Crippen molar-refractivity contribution in [2.24, 2.45) is 0 Å². The molecule has 2 aromatic carbocycles. The fourth-order valence-electron chi connectivity index (χ4n) is 2.58. The molecule has 0 aliphatic rings. The molecule has 3 rings (SSSR count). The maximum atomic E-state index is 12.6. The van der Waals surface area contributed by atoms with Gasteiger partial charge in [0.2, 0.25) is 0 Å². The molecule has 0 aliphatic carbocycles. The number of nitrogens with zero attached hydrogens (tertiary/aromatic N) is 1. The number of carboxylic acid groups (broad SMARTS) is 1. The van der Waals surface area contributed by atoms with E-state index in [-0.39, 0.29) is 11.3 Å². The number of fused-ring (bicyclic) bond motifs is 1. The summed E-state index contributed by atoms with van der Waals surface area (Å²) in [6.45, 7) is 0.343. The summed E-state index contributed by atoms with van der Waals surface area (Å²) in [5.41, 5.74) is 0.838. The van der Waals surface area contributed by atoms with E-state index in [1.165, 1.54) is 4.57 Å². The van der Waals surface area contributed by atoms with Crippen molar-refractivity contribution in [2.45, 2.75) is 13.0 Å². The smallest absolute Gasteiger partial charge is 0.352 e. The van der Waals surface area contributed by atoms with Gasteiger partial charge in [-0.15, -0.1) is 0 Å². The Morgan fingerprint density at radius 3 is 2.41 bits per heavy atom. The van der Waals surface area contributed by atoms with Crippen LogP contribution in [0.1, 0.15) is 16.1 Å². The number of aryl methyl sites for hydroxylation is 1. The summed E-state index contributed by atoms with van der Waals surface area (Å²) in [6.07, 6.45) is 0.610. The number of aromatic carboxylic acids is 1. The lowest BCUT2D eigenvalue weighted by Gasteiger charge is -2.11. The molecule has 4 nitrogen and oxygen atoms in total. The van der Waals surface area contributed by atoms with E-state index in [1.807, 2.05) is 30.3 Å². The molecule has 0 radical (unpaired) electrons. The molecule has 1 aromatic heterocycles. The molecule has 22 heavy (non-hydrogen) atoms. The lowest BCUT2D eigenvalue weighted by atomic mass is 10.1. The van der Waals surface area contributed by atoms with Crippen LogP contribution < -0.4 is 5.56 Å². The molecule has 0 fully saturated rings. The Bertz CT molecular complexity index is 882. The van der Waals surface area contributed by atoms with Gasteiger partial charge < -0.3 is 9.67 Å². The lowest BCUT2D eigenvalue weighted by molar-refractivity contribution is 0.0683. The topological polar surface area (TPSA) is 59.3 Å². The van der Waals surface area contributed by atoms with Gasteiger partial charge in [0.05, 0.1) is 0 Å². The number of carbonyl (C=O) groups is 1. The van der Waals surface area contributed by atoms with E-state index < -0.39 is 5.97 Å². The molecule has 3 aromatic rings. The first-order valence-electron chi connectivity index (χ1n) is 7.06. The molecule has 1 heterocycles. The van der Waals surface area contributed by atoms with E-state index in [9.17, 15) is 14.7 Å². The molecule has 110 valence electrons. The maximum absolute atomic E-state index is 12.6. The minimum Gasteiger partial charge on any atom is -0.477 e. The predicted molar refractivity (Wildman–Crippen MR) is 85.3 cm³/mol. The molecule has 0 spiro atoms. The Balaban J connectivity index is 2.07. The standard InChI is InChI=1S/C18H15NO3/c20-17-15-9-5-4-8-14(15)12-16(18(21)22)19(17)11-10-13-6-2-1-3-7-13/h1-9,12H,10-11H2,(H,21,22). The molecule has 0 unspecified atom stereocenters. The normalized spacial score (nSPS) is 10.7. The fraction of sp³-hybridized carbons (Fsp3) is 0.111. The van der Waals surface area contributed by atoms with Gasteiger partial charge in [0.15, 0.2) is 0 Å². The van der Waals surface area contributed by atoms with Gasteiger partial charge in [-0.1, -0.05) is 48.5 Å². The zero-order chi connectivity index (χ0) is 15.5. The molecule has 0 amide bonds. The maximum Gasteiger partial charge on any atom is 0.352 e. The number of pyridine rings is 1. The van der Waals surface area contributed by atoms with Crippen LogP contribution in [-0.2, 0) is 13.0 Å². The van der Waals surface area contributed by atoms with Gasteiger partial charge in [-0.3, -0.25) is 4.79 Å². The van der Waals surface area contributed by atoms with Gasteiger partial charge in [-0.25, -0.2) is 4.79 Å². The van der Waals surface area contributed by atoms with E-state index in [0.29, 0.717) is 23.7 Å². The second-order valence-electron chi connectivity index (χ2n) is 5.11. The van der Waals surface area contributed by atoms with Crippen LogP contribution in [0.25, 0.3) is 10.8 Å². The van der Waals surface area contributed by atoms with Crippen molar-refractivity contribution in [3.05, 3.63) is 82.3 Å². The van der Waals surface area contributed by atoms with Crippen LogP contribution in [0.4, 0.5) is 0 Å². The number of carboxylic acids is 1. The second-order valence-corrected chi connectivity index (χ2v) is 5.11. The van der Waals surface area contributed by atoms with Crippen molar-refractivity contribution in [3.63, 3.8) is 0 Å². The molecule has 0 saturated heterocycles. The number of benzene rings is 2. The second kappa shape index (κ2) is 5.85. The highest BCUT2D eigenvalue weighted by Gasteiger charge is 2.14. The van der Waals surface area contributed by atoms with Gasteiger partial charge in [0, 0.05) is 11.9 Å². The average Bonchev–Trinajstić information content (AvgIpc) is 2.54. The van der Waals surface area contributed by atoms with Crippen LogP contribution in [0.5, 0.6) is 0 Å². The Labute approximate surface area is 127 Å². The Morgan fingerprint density at radius 2 is 1.68 bits per heavy atom. The SMILES string of the molecule is O=C(O)c1cc2ccccc2c(=O)n1CCc1ccccc1. The highest BCUT2D eigenvalue weighted by atomic mass is 16.4. The largest absolute Gasteiger partial charge is 0.477 e. The fourth-order valence-corrected chi connectivity index (χ4v) is 2.58. The van der Waals surface area contributed by atoms with Gasteiger partial charge >= 0.3 is 5.97 Å². The third-order valence-corrected chi connectivity index (χ3v) is 3.71. The Morgan fingerprint density at radius 1 is 1.00 bits per heavy atom. The molecular formula is C18H15NO3. The quantitative estimate of drug-likeness (QED) is 0.804. The minimum absolute atomic E-state index is 0.0274. The van der Waals surface area contributed by atoms with Crippen LogP contribution >= 0.6 is 0 Å².